The van der Waals surface area contributed by atoms with Gasteiger partial charge in [-0.15, -0.1) is 13.2 Å². The van der Waals surface area contributed by atoms with Crippen LogP contribution < -0.4 is 10.1 Å². The number of amides is 2. The number of benzene rings is 5. The number of alkyl halides is 3. The molecule has 1 saturated carbocycles. The highest BCUT2D eigenvalue weighted by Gasteiger charge is 2.57. The van der Waals surface area contributed by atoms with Gasteiger partial charge in [0.2, 0.25) is 0 Å². The number of fused-ring (bicyclic) bond motifs is 8. The maximum atomic E-state index is 15.1. The maximum absolute atomic E-state index is 15.1. The molecular formula is C52H55F3N2O5. The Morgan fingerprint density at radius 1 is 0.871 bits per heavy atom. The van der Waals surface area contributed by atoms with Crippen molar-refractivity contribution in [2.75, 3.05) is 6.54 Å². The molecule has 0 radical (unpaired) electrons. The standard InChI is InChI=1S/C52H55F3N2O5/c1-35-13-12-29-50(3)47(44-27-23-38(31-41(58)24-20-35)32-46(44)48(59)45-19-11-10-18-43(45)40-16-8-5-9-17-40)28-30-51(50,61)34-57(49(60)56-36(2)39-14-6-4-7-15-39)33-37-21-25-42(26-22-37)62-52(53,54)55/h4-11,13-19,21-23,25-27,32,36,41,47,58,61H,12,20,24,28-31,33-34H2,1-3H3,(H,56,60). The number of allylic oxidation sites excluding steroid dienone is 2. The monoisotopic (exact) mass is 844 g/mol. The molecule has 2 bridgehead atoms. The third kappa shape index (κ3) is 10.1. The SMILES string of the molecule is CC1=CCCC2(C)C(CCC2(O)CN(Cc2ccc(OC(F)(F)F)cc2)C(=O)NC(C)c2ccccc2)c2ccc(cc2C(=O)c2ccccc2-c2ccccc2)CC(O)CC1. The Hall–Kier alpha value is -5.71. The van der Waals surface area contributed by atoms with E-state index in [1.165, 1.54) is 24.3 Å². The summed E-state index contributed by atoms with van der Waals surface area (Å²) in [6, 6.07) is 37.4. The number of aliphatic hydroxyl groups is 2. The van der Waals surface area contributed by atoms with Crippen molar-refractivity contribution in [2.45, 2.75) is 102 Å². The summed E-state index contributed by atoms with van der Waals surface area (Å²) in [4.78, 5) is 31.1. The Balaban J connectivity index is 1.29. The summed E-state index contributed by atoms with van der Waals surface area (Å²) in [6.07, 6.45) is 0.355. The topological polar surface area (TPSA) is 99.1 Å². The van der Waals surface area contributed by atoms with Crippen molar-refractivity contribution in [3.8, 4) is 16.9 Å². The van der Waals surface area contributed by atoms with Crippen LogP contribution in [0.3, 0.4) is 0 Å². The fourth-order valence-corrected chi connectivity index (χ4v) is 9.53. The number of ketones is 1. The van der Waals surface area contributed by atoms with E-state index in [2.05, 4.69) is 30.0 Å². The number of rotatable bonds is 10. The number of urea groups is 1. The molecule has 1 fully saturated rings. The number of hydrogen-bond acceptors (Lipinski definition) is 5. The quantitative estimate of drug-likeness (QED) is 0.0960. The van der Waals surface area contributed by atoms with Gasteiger partial charge in [0.1, 0.15) is 5.75 Å². The van der Waals surface area contributed by atoms with E-state index in [-0.39, 0.29) is 36.6 Å². The van der Waals surface area contributed by atoms with Gasteiger partial charge >= 0.3 is 12.4 Å². The zero-order chi connectivity index (χ0) is 44.1. The molecule has 62 heavy (non-hydrogen) atoms. The summed E-state index contributed by atoms with van der Waals surface area (Å²) in [5, 5.41) is 27.5. The number of hydrogen-bond donors (Lipinski definition) is 3. The summed E-state index contributed by atoms with van der Waals surface area (Å²) >= 11 is 0. The van der Waals surface area contributed by atoms with Crippen LogP contribution in [0.2, 0.25) is 0 Å². The maximum Gasteiger partial charge on any atom is 0.573 e. The highest BCUT2D eigenvalue weighted by molar-refractivity contribution is 6.13. The van der Waals surface area contributed by atoms with E-state index in [1.807, 2.05) is 110 Å². The highest BCUT2D eigenvalue weighted by atomic mass is 19.4. The second-order valence-electron chi connectivity index (χ2n) is 17.3. The average molecular weight is 845 g/mol. The first-order valence-corrected chi connectivity index (χ1v) is 21.5. The number of carbonyl (C=O) groups is 2. The van der Waals surface area contributed by atoms with Gasteiger partial charge < -0.3 is 25.2 Å². The minimum absolute atomic E-state index is 0.00125. The molecule has 3 aliphatic rings. The fraction of sp³-hybridized carbons (Fsp3) is 0.346. The van der Waals surface area contributed by atoms with Crippen LogP contribution >= 0.6 is 0 Å². The minimum atomic E-state index is -4.85. The molecule has 10 heteroatoms. The van der Waals surface area contributed by atoms with Crippen LogP contribution in [0.5, 0.6) is 5.75 Å². The van der Waals surface area contributed by atoms with E-state index >= 15 is 4.79 Å². The number of nitrogens with zero attached hydrogens (tertiary/aromatic N) is 1. The predicted molar refractivity (Wildman–Crippen MR) is 236 cm³/mol. The normalized spacial score (nSPS) is 22.2. The molecule has 0 heterocycles. The number of ether oxygens (including phenoxy) is 1. The van der Waals surface area contributed by atoms with Crippen molar-refractivity contribution in [1.82, 2.24) is 10.2 Å². The Kier molecular flexibility index (Phi) is 13.4. The van der Waals surface area contributed by atoms with Gasteiger partial charge in [0.25, 0.3) is 0 Å². The lowest BCUT2D eigenvalue weighted by Crippen LogP contribution is -2.55. The fourth-order valence-electron chi connectivity index (χ4n) is 9.53. The molecule has 5 aromatic carbocycles. The summed E-state index contributed by atoms with van der Waals surface area (Å²) in [5.74, 6) is -0.830. The first-order valence-electron chi connectivity index (χ1n) is 21.5. The van der Waals surface area contributed by atoms with Crippen molar-refractivity contribution in [3.05, 3.63) is 172 Å². The number of aliphatic hydroxyl groups excluding tert-OH is 1. The molecule has 2 amide bonds. The first kappa shape index (κ1) is 44.3. The Bertz CT molecular complexity index is 2370. The molecule has 324 valence electrons. The Morgan fingerprint density at radius 3 is 2.26 bits per heavy atom. The highest BCUT2D eigenvalue weighted by Crippen LogP contribution is 2.59. The van der Waals surface area contributed by atoms with E-state index < -0.39 is 29.5 Å². The molecular weight excluding hydrogens is 790 g/mol. The van der Waals surface area contributed by atoms with Gasteiger partial charge in [-0.05, 0) is 116 Å². The Morgan fingerprint density at radius 2 is 1.55 bits per heavy atom. The van der Waals surface area contributed by atoms with Crippen LogP contribution in [0.1, 0.15) is 109 Å². The third-order valence-electron chi connectivity index (χ3n) is 13.1. The zero-order valence-corrected chi connectivity index (χ0v) is 35.5. The molecule has 5 aromatic rings. The van der Waals surface area contributed by atoms with Crippen molar-refractivity contribution >= 4 is 11.8 Å². The Labute approximate surface area is 362 Å². The first-order chi connectivity index (χ1) is 29.6. The van der Waals surface area contributed by atoms with E-state index in [4.69, 9.17) is 0 Å². The second-order valence-corrected chi connectivity index (χ2v) is 17.3. The van der Waals surface area contributed by atoms with Crippen LogP contribution in [0.15, 0.2) is 139 Å². The van der Waals surface area contributed by atoms with Crippen molar-refractivity contribution in [3.63, 3.8) is 0 Å². The lowest BCUT2D eigenvalue weighted by molar-refractivity contribution is -0.274. The summed E-state index contributed by atoms with van der Waals surface area (Å²) in [7, 11) is 0. The number of carbonyl (C=O) groups excluding carboxylic acids is 2. The molecule has 0 aliphatic heterocycles. The molecule has 8 rings (SSSR count). The number of halogens is 3. The molecule has 0 aromatic heterocycles. The minimum Gasteiger partial charge on any atom is -0.406 e. The molecule has 3 N–H and O–H groups in total. The van der Waals surface area contributed by atoms with Crippen molar-refractivity contribution < 1.29 is 37.7 Å². The molecule has 7 nitrogen and oxygen atoms in total. The van der Waals surface area contributed by atoms with Gasteiger partial charge in [0.15, 0.2) is 5.78 Å². The summed E-state index contributed by atoms with van der Waals surface area (Å²) < 4.78 is 43.2. The number of nitrogens with one attached hydrogen (secondary N) is 1. The van der Waals surface area contributed by atoms with Crippen LogP contribution in [0.4, 0.5) is 18.0 Å². The van der Waals surface area contributed by atoms with Gasteiger partial charge in [-0.25, -0.2) is 4.79 Å². The van der Waals surface area contributed by atoms with Crippen molar-refractivity contribution in [2.24, 2.45) is 5.41 Å². The molecule has 3 aliphatic carbocycles. The smallest absolute Gasteiger partial charge is 0.406 e. The van der Waals surface area contributed by atoms with E-state index in [9.17, 15) is 28.2 Å². The molecule has 5 unspecified atom stereocenters. The van der Waals surface area contributed by atoms with Crippen LogP contribution in [-0.2, 0) is 13.0 Å². The summed E-state index contributed by atoms with van der Waals surface area (Å²) in [6.45, 7) is 5.91. The second kappa shape index (κ2) is 18.7. The van der Waals surface area contributed by atoms with E-state index in [1.54, 1.807) is 4.90 Å². The average Bonchev–Trinajstić information content (AvgIpc) is 3.51. The van der Waals surface area contributed by atoms with E-state index in [0.29, 0.717) is 61.6 Å². The van der Waals surface area contributed by atoms with Crippen LogP contribution in [0, 0.1) is 5.41 Å². The zero-order valence-electron chi connectivity index (χ0n) is 35.5. The predicted octanol–water partition coefficient (Wildman–Crippen LogP) is 11.5. The van der Waals surface area contributed by atoms with Gasteiger partial charge in [0.05, 0.1) is 24.3 Å². The third-order valence-corrected chi connectivity index (χ3v) is 13.1. The summed E-state index contributed by atoms with van der Waals surface area (Å²) in [5.41, 5.74) is 4.70. The van der Waals surface area contributed by atoms with E-state index in [0.717, 1.165) is 33.4 Å². The van der Waals surface area contributed by atoms with Gasteiger partial charge in [-0.2, -0.15) is 0 Å². The van der Waals surface area contributed by atoms with Crippen LogP contribution in [-0.4, -0.2) is 51.5 Å². The molecule has 5 atom stereocenters. The molecule has 0 spiro atoms. The van der Waals surface area contributed by atoms with Crippen molar-refractivity contribution in [1.29, 1.82) is 0 Å². The lowest BCUT2D eigenvalue weighted by Gasteiger charge is -2.46. The molecule has 0 saturated heterocycles. The largest absolute Gasteiger partial charge is 0.573 e. The van der Waals surface area contributed by atoms with Gasteiger partial charge in [-0.1, -0.05) is 128 Å². The van der Waals surface area contributed by atoms with Gasteiger partial charge in [-0.3, -0.25) is 4.79 Å². The van der Waals surface area contributed by atoms with Gasteiger partial charge in [0, 0.05) is 23.1 Å². The lowest BCUT2D eigenvalue weighted by atomic mass is 9.64. The van der Waals surface area contributed by atoms with Crippen LogP contribution in [0.25, 0.3) is 11.1 Å².